The van der Waals surface area contributed by atoms with Crippen LogP contribution in [0.4, 0.5) is 0 Å². The number of rotatable bonds is 13. The number of carbonyl (C=O) groups excluding carboxylic acids is 3. The Morgan fingerprint density at radius 2 is 1.75 bits per heavy atom. The van der Waals surface area contributed by atoms with Crippen molar-refractivity contribution in [1.29, 1.82) is 0 Å². The first-order valence-electron chi connectivity index (χ1n) is 11.0. The second-order valence-electron chi connectivity index (χ2n) is 7.79. The van der Waals surface area contributed by atoms with E-state index in [1.165, 1.54) is 0 Å². The number of ether oxygens (including phenoxy) is 1. The van der Waals surface area contributed by atoms with E-state index in [0.29, 0.717) is 25.1 Å². The molecule has 0 fully saturated rings. The van der Waals surface area contributed by atoms with E-state index in [4.69, 9.17) is 10.5 Å². The Morgan fingerprint density at radius 3 is 2.44 bits per heavy atom. The van der Waals surface area contributed by atoms with E-state index in [-0.39, 0.29) is 43.1 Å². The number of nitrogens with two attached hydrogens (primary N) is 1. The Labute approximate surface area is 189 Å². The Balaban J connectivity index is 1.82. The molecule has 0 bridgehead atoms. The third-order valence-corrected chi connectivity index (χ3v) is 5.30. The molecule has 0 aliphatic heterocycles. The number of hydrogen-bond acceptors (Lipinski definition) is 5. The molecule has 2 aromatic carbocycles. The lowest BCUT2D eigenvalue weighted by molar-refractivity contribution is -0.127. The second kappa shape index (κ2) is 13.4. The average Bonchev–Trinajstić information content (AvgIpc) is 2.83. The molecule has 2 atom stereocenters. The lowest BCUT2D eigenvalue weighted by Gasteiger charge is -2.23. The van der Waals surface area contributed by atoms with E-state index < -0.39 is 6.04 Å². The standard InChI is InChI=1S/C25H33N3O4/c1-3-18(2)23(28-24(30)21-11-7-10-20(14-21)15-26)25(31)27-16-22(29)12-13-32-17-19-8-5-4-6-9-19/h4-11,14,18,23H,3,12-13,15-17,26H2,1-2H3,(H,27,31)(H,28,30)/t18?,23-/m0/s1. The molecule has 32 heavy (non-hydrogen) atoms. The van der Waals surface area contributed by atoms with Crippen LogP contribution in [-0.4, -0.2) is 36.8 Å². The highest BCUT2D eigenvalue weighted by Crippen LogP contribution is 2.11. The summed E-state index contributed by atoms with van der Waals surface area (Å²) in [4.78, 5) is 37.5. The van der Waals surface area contributed by atoms with Gasteiger partial charge in [-0.2, -0.15) is 0 Å². The van der Waals surface area contributed by atoms with Crippen LogP contribution in [0.1, 0.15) is 48.2 Å². The van der Waals surface area contributed by atoms with E-state index in [1.54, 1.807) is 18.2 Å². The van der Waals surface area contributed by atoms with Gasteiger partial charge in [-0.25, -0.2) is 0 Å². The molecule has 2 rings (SSSR count). The van der Waals surface area contributed by atoms with Crippen molar-refractivity contribution in [2.45, 2.75) is 45.9 Å². The quantitative estimate of drug-likeness (QED) is 0.416. The predicted molar refractivity (Wildman–Crippen MR) is 124 cm³/mol. The van der Waals surface area contributed by atoms with Crippen LogP contribution >= 0.6 is 0 Å². The lowest BCUT2D eigenvalue weighted by atomic mass is 9.97. The van der Waals surface area contributed by atoms with E-state index >= 15 is 0 Å². The van der Waals surface area contributed by atoms with Gasteiger partial charge in [0.2, 0.25) is 5.91 Å². The predicted octanol–water partition coefficient (Wildman–Crippen LogP) is 2.58. The number of nitrogens with one attached hydrogen (secondary N) is 2. The lowest BCUT2D eigenvalue weighted by Crippen LogP contribution is -2.51. The first-order chi connectivity index (χ1) is 15.4. The Kier molecular flexibility index (Phi) is 10.6. The maximum Gasteiger partial charge on any atom is 0.251 e. The van der Waals surface area contributed by atoms with Crippen molar-refractivity contribution < 1.29 is 19.1 Å². The fraction of sp³-hybridized carbons (Fsp3) is 0.400. The van der Waals surface area contributed by atoms with Gasteiger partial charge in [0.15, 0.2) is 5.78 Å². The van der Waals surface area contributed by atoms with Crippen LogP contribution in [-0.2, 0) is 27.5 Å². The van der Waals surface area contributed by atoms with Crippen molar-refractivity contribution in [3.8, 4) is 0 Å². The highest BCUT2D eigenvalue weighted by Gasteiger charge is 2.26. The average molecular weight is 440 g/mol. The number of amides is 2. The summed E-state index contributed by atoms with van der Waals surface area (Å²) in [5.41, 5.74) is 7.96. The van der Waals surface area contributed by atoms with Gasteiger partial charge in [-0.1, -0.05) is 62.7 Å². The van der Waals surface area contributed by atoms with Crippen molar-refractivity contribution in [2.24, 2.45) is 11.7 Å². The van der Waals surface area contributed by atoms with Crippen LogP contribution in [0.3, 0.4) is 0 Å². The molecule has 4 N–H and O–H groups in total. The van der Waals surface area contributed by atoms with Gasteiger partial charge in [-0.3, -0.25) is 14.4 Å². The zero-order valence-corrected chi connectivity index (χ0v) is 18.8. The maximum atomic E-state index is 12.7. The molecular weight excluding hydrogens is 406 g/mol. The molecule has 0 radical (unpaired) electrons. The van der Waals surface area contributed by atoms with Crippen molar-refractivity contribution in [1.82, 2.24) is 10.6 Å². The molecule has 7 nitrogen and oxygen atoms in total. The molecule has 0 aliphatic rings. The SMILES string of the molecule is CCC(C)[C@H](NC(=O)c1cccc(CN)c1)C(=O)NCC(=O)CCOCc1ccccc1. The van der Waals surface area contributed by atoms with Gasteiger partial charge in [0, 0.05) is 18.5 Å². The van der Waals surface area contributed by atoms with E-state index in [2.05, 4.69) is 10.6 Å². The van der Waals surface area contributed by atoms with Crippen LogP contribution < -0.4 is 16.4 Å². The summed E-state index contributed by atoms with van der Waals surface area (Å²) in [5, 5.41) is 5.46. The highest BCUT2D eigenvalue weighted by molar-refractivity contribution is 5.98. The smallest absolute Gasteiger partial charge is 0.251 e. The largest absolute Gasteiger partial charge is 0.376 e. The molecule has 1 unspecified atom stereocenters. The van der Waals surface area contributed by atoms with Crippen molar-refractivity contribution in [2.75, 3.05) is 13.2 Å². The summed E-state index contributed by atoms with van der Waals surface area (Å²) in [6.07, 6.45) is 0.905. The number of carbonyl (C=O) groups is 3. The van der Waals surface area contributed by atoms with Gasteiger partial charge in [-0.15, -0.1) is 0 Å². The molecule has 2 aromatic rings. The topological polar surface area (TPSA) is 111 Å². The highest BCUT2D eigenvalue weighted by atomic mass is 16.5. The molecular formula is C25H33N3O4. The number of ketones is 1. The first kappa shape index (κ1) is 25.2. The molecule has 0 saturated heterocycles. The van der Waals surface area contributed by atoms with Gasteiger partial charge in [0.05, 0.1) is 19.8 Å². The van der Waals surface area contributed by atoms with Gasteiger partial charge < -0.3 is 21.1 Å². The summed E-state index contributed by atoms with van der Waals surface area (Å²) in [7, 11) is 0. The Bertz CT molecular complexity index is 886. The molecule has 7 heteroatoms. The van der Waals surface area contributed by atoms with Crippen LogP contribution in [0.5, 0.6) is 0 Å². The van der Waals surface area contributed by atoms with Gasteiger partial charge in [0.25, 0.3) is 5.91 Å². The molecule has 0 heterocycles. The molecule has 2 amide bonds. The fourth-order valence-electron chi connectivity index (χ4n) is 3.10. The zero-order valence-electron chi connectivity index (χ0n) is 18.8. The molecule has 0 aromatic heterocycles. The molecule has 172 valence electrons. The molecule has 0 aliphatic carbocycles. The van der Waals surface area contributed by atoms with Gasteiger partial charge in [0.1, 0.15) is 6.04 Å². The van der Waals surface area contributed by atoms with Gasteiger partial charge in [-0.05, 0) is 29.2 Å². The third kappa shape index (κ3) is 8.24. The minimum Gasteiger partial charge on any atom is -0.376 e. The van der Waals surface area contributed by atoms with E-state index in [9.17, 15) is 14.4 Å². The minimum absolute atomic E-state index is 0.0963. The van der Waals surface area contributed by atoms with Crippen LogP contribution in [0, 0.1) is 5.92 Å². The zero-order chi connectivity index (χ0) is 23.3. The molecule has 0 spiro atoms. The summed E-state index contributed by atoms with van der Waals surface area (Å²) < 4.78 is 5.52. The second-order valence-corrected chi connectivity index (χ2v) is 7.79. The number of hydrogen-bond donors (Lipinski definition) is 3. The Hall–Kier alpha value is -3.03. The fourth-order valence-corrected chi connectivity index (χ4v) is 3.10. The van der Waals surface area contributed by atoms with Crippen molar-refractivity contribution in [3.63, 3.8) is 0 Å². The summed E-state index contributed by atoms with van der Waals surface area (Å²) >= 11 is 0. The van der Waals surface area contributed by atoms with Crippen LogP contribution in [0.15, 0.2) is 54.6 Å². The van der Waals surface area contributed by atoms with Crippen LogP contribution in [0.25, 0.3) is 0 Å². The number of Topliss-reactive ketones (excluding diaryl/α,β-unsaturated/α-hetero) is 1. The van der Waals surface area contributed by atoms with Crippen molar-refractivity contribution in [3.05, 3.63) is 71.3 Å². The normalized spacial score (nSPS) is 12.6. The maximum absolute atomic E-state index is 12.7. The summed E-state index contributed by atoms with van der Waals surface area (Å²) in [6.45, 7) is 4.79. The summed E-state index contributed by atoms with van der Waals surface area (Å²) in [5.74, 6) is -0.945. The van der Waals surface area contributed by atoms with Gasteiger partial charge >= 0.3 is 0 Å². The number of benzene rings is 2. The van der Waals surface area contributed by atoms with Crippen molar-refractivity contribution >= 4 is 17.6 Å². The minimum atomic E-state index is -0.740. The molecule has 0 saturated carbocycles. The Morgan fingerprint density at radius 1 is 1.03 bits per heavy atom. The summed E-state index contributed by atoms with van der Waals surface area (Å²) in [6, 6.07) is 16.0. The van der Waals surface area contributed by atoms with E-state index in [1.807, 2.05) is 50.2 Å². The first-order valence-corrected chi connectivity index (χ1v) is 11.0. The third-order valence-electron chi connectivity index (χ3n) is 5.30. The van der Waals surface area contributed by atoms with Crippen LogP contribution in [0.2, 0.25) is 0 Å². The van der Waals surface area contributed by atoms with E-state index in [0.717, 1.165) is 11.1 Å². The monoisotopic (exact) mass is 439 g/mol.